The minimum absolute atomic E-state index is 0.0815. The number of halogens is 1. The van der Waals surface area contributed by atoms with Crippen LogP contribution in [0.5, 0.6) is 0 Å². The SMILES string of the molecule is CC(NC(=O)C1CC(c2ccccc2)NN1)c1cc(F)ccc1N1CCN(C)CC1. The van der Waals surface area contributed by atoms with Gasteiger partial charge in [0.1, 0.15) is 11.9 Å². The molecule has 2 fully saturated rings. The van der Waals surface area contributed by atoms with Gasteiger partial charge in [-0.1, -0.05) is 30.3 Å². The average Bonchev–Trinajstić information content (AvgIpc) is 3.25. The third kappa shape index (κ3) is 4.64. The van der Waals surface area contributed by atoms with Crippen LogP contribution in [0.4, 0.5) is 10.1 Å². The summed E-state index contributed by atoms with van der Waals surface area (Å²) in [6.45, 7) is 5.64. The van der Waals surface area contributed by atoms with Gasteiger partial charge in [-0.15, -0.1) is 0 Å². The lowest BCUT2D eigenvalue weighted by atomic mass is 10.0. The van der Waals surface area contributed by atoms with E-state index in [0.29, 0.717) is 6.42 Å². The van der Waals surface area contributed by atoms with Crippen LogP contribution in [0.25, 0.3) is 0 Å². The van der Waals surface area contributed by atoms with E-state index >= 15 is 0 Å². The molecule has 2 aliphatic heterocycles. The van der Waals surface area contributed by atoms with Gasteiger partial charge in [0.2, 0.25) is 5.91 Å². The Morgan fingerprint density at radius 3 is 2.57 bits per heavy atom. The molecule has 3 unspecified atom stereocenters. The van der Waals surface area contributed by atoms with Crippen molar-refractivity contribution in [2.45, 2.75) is 31.5 Å². The number of amides is 1. The lowest BCUT2D eigenvalue weighted by molar-refractivity contribution is -0.123. The molecule has 0 aliphatic carbocycles. The molecule has 0 aromatic heterocycles. The number of rotatable bonds is 5. The van der Waals surface area contributed by atoms with E-state index in [1.165, 1.54) is 6.07 Å². The highest BCUT2D eigenvalue weighted by Crippen LogP contribution is 2.29. The van der Waals surface area contributed by atoms with E-state index < -0.39 is 0 Å². The number of carbonyl (C=O) groups is 1. The number of hydrazine groups is 1. The number of hydrogen-bond acceptors (Lipinski definition) is 5. The Morgan fingerprint density at radius 1 is 1.10 bits per heavy atom. The van der Waals surface area contributed by atoms with E-state index in [0.717, 1.165) is 43.0 Å². The molecule has 0 saturated carbocycles. The molecule has 7 heteroatoms. The predicted octanol–water partition coefficient (Wildman–Crippen LogP) is 2.36. The Morgan fingerprint density at radius 2 is 1.83 bits per heavy atom. The molecule has 2 aromatic rings. The molecule has 160 valence electrons. The first kappa shape index (κ1) is 20.8. The normalized spacial score (nSPS) is 23.4. The van der Waals surface area contributed by atoms with E-state index in [4.69, 9.17) is 0 Å². The number of benzene rings is 2. The molecule has 0 radical (unpaired) electrons. The van der Waals surface area contributed by atoms with E-state index in [1.54, 1.807) is 6.07 Å². The fraction of sp³-hybridized carbons (Fsp3) is 0.435. The van der Waals surface area contributed by atoms with Crippen molar-refractivity contribution in [3.05, 3.63) is 65.5 Å². The van der Waals surface area contributed by atoms with Gasteiger partial charge in [-0.05, 0) is 44.2 Å². The Bertz CT molecular complexity index is 869. The fourth-order valence-corrected chi connectivity index (χ4v) is 4.23. The second-order valence-corrected chi connectivity index (χ2v) is 8.26. The number of hydrogen-bond donors (Lipinski definition) is 3. The van der Waals surface area contributed by atoms with E-state index in [1.807, 2.05) is 31.2 Å². The van der Waals surface area contributed by atoms with Gasteiger partial charge in [-0.3, -0.25) is 4.79 Å². The summed E-state index contributed by atoms with van der Waals surface area (Å²) in [4.78, 5) is 17.5. The molecule has 3 atom stereocenters. The highest BCUT2D eigenvalue weighted by Gasteiger charge is 2.31. The second kappa shape index (κ2) is 9.12. The van der Waals surface area contributed by atoms with Gasteiger partial charge >= 0.3 is 0 Å². The molecular formula is C23H30FN5O. The molecule has 2 aromatic carbocycles. The van der Waals surface area contributed by atoms with E-state index in [2.05, 4.69) is 45.1 Å². The standard InChI is InChI=1S/C23H30FN5O/c1-16(19-14-18(24)8-9-22(19)29-12-10-28(2)11-13-29)25-23(30)21-15-20(26-27-21)17-6-4-3-5-7-17/h3-9,14,16,20-21,26-27H,10-13,15H2,1-2H3,(H,25,30). The summed E-state index contributed by atoms with van der Waals surface area (Å²) in [6, 6.07) is 14.4. The van der Waals surface area contributed by atoms with Crippen LogP contribution >= 0.6 is 0 Å². The summed E-state index contributed by atoms with van der Waals surface area (Å²) in [5.74, 6) is -0.365. The van der Waals surface area contributed by atoms with Gasteiger partial charge < -0.3 is 15.1 Å². The van der Waals surface area contributed by atoms with Crippen molar-refractivity contribution in [2.75, 3.05) is 38.1 Å². The number of likely N-dealkylation sites (N-methyl/N-ethyl adjacent to an activating group) is 1. The number of piperazine rings is 1. The first-order valence-corrected chi connectivity index (χ1v) is 10.6. The zero-order chi connectivity index (χ0) is 21.1. The molecule has 2 saturated heterocycles. The van der Waals surface area contributed by atoms with E-state index in [9.17, 15) is 9.18 Å². The monoisotopic (exact) mass is 411 g/mol. The third-order valence-corrected chi connectivity index (χ3v) is 6.08. The first-order valence-electron chi connectivity index (χ1n) is 10.6. The van der Waals surface area contributed by atoms with Gasteiger partial charge in [-0.2, -0.15) is 0 Å². The molecule has 0 spiro atoms. The molecule has 6 nitrogen and oxygen atoms in total. The number of nitrogens with zero attached hydrogens (tertiary/aromatic N) is 2. The Balaban J connectivity index is 1.43. The molecule has 0 bridgehead atoms. The smallest absolute Gasteiger partial charge is 0.239 e. The molecule has 2 heterocycles. The Labute approximate surface area is 177 Å². The van der Waals surface area contributed by atoms with Crippen LogP contribution in [-0.2, 0) is 4.79 Å². The summed E-state index contributed by atoms with van der Waals surface area (Å²) >= 11 is 0. The van der Waals surface area contributed by atoms with Gasteiger partial charge in [0.15, 0.2) is 0 Å². The lowest BCUT2D eigenvalue weighted by Crippen LogP contribution is -2.46. The summed E-state index contributed by atoms with van der Waals surface area (Å²) < 4.78 is 14.1. The van der Waals surface area contributed by atoms with Crippen molar-refractivity contribution in [3.8, 4) is 0 Å². The molecule has 4 rings (SSSR count). The summed E-state index contributed by atoms with van der Waals surface area (Å²) in [5, 5.41) is 3.08. The van der Waals surface area contributed by atoms with Crippen molar-refractivity contribution in [3.63, 3.8) is 0 Å². The van der Waals surface area contributed by atoms with Crippen LogP contribution in [-0.4, -0.2) is 50.1 Å². The van der Waals surface area contributed by atoms with Crippen LogP contribution < -0.4 is 21.1 Å². The maximum absolute atomic E-state index is 14.1. The van der Waals surface area contributed by atoms with Crippen LogP contribution in [0.1, 0.15) is 36.6 Å². The predicted molar refractivity (Wildman–Crippen MR) is 117 cm³/mol. The summed E-state index contributed by atoms with van der Waals surface area (Å²) in [5.41, 5.74) is 9.28. The van der Waals surface area contributed by atoms with Gasteiger partial charge in [0, 0.05) is 43.5 Å². The number of nitrogens with one attached hydrogen (secondary N) is 3. The quantitative estimate of drug-likeness (QED) is 0.705. The maximum atomic E-state index is 14.1. The molecule has 3 N–H and O–H groups in total. The largest absolute Gasteiger partial charge is 0.369 e. The molecular weight excluding hydrogens is 381 g/mol. The molecule has 2 aliphatic rings. The summed E-state index contributed by atoms with van der Waals surface area (Å²) in [7, 11) is 2.11. The first-order chi connectivity index (χ1) is 14.5. The topological polar surface area (TPSA) is 59.6 Å². The van der Waals surface area contributed by atoms with Crippen LogP contribution in [0.3, 0.4) is 0 Å². The second-order valence-electron chi connectivity index (χ2n) is 8.26. The van der Waals surface area contributed by atoms with Crippen molar-refractivity contribution in [1.82, 2.24) is 21.1 Å². The zero-order valence-electron chi connectivity index (χ0n) is 17.6. The number of anilines is 1. The molecule has 30 heavy (non-hydrogen) atoms. The van der Waals surface area contributed by atoms with Crippen molar-refractivity contribution < 1.29 is 9.18 Å². The molecule has 1 amide bonds. The minimum Gasteiger partial charge on any atom is -0.369 e. The zero-order valence-corrected chi connectivity index (χ0v) is 17.6. The highest BCUT2D eigenvalue weighted by molar-refractivity contribution is 5.82. The average molecular weight is 412 g/mol. The van der Waals surface area contributed by atoms with Crippen molar-refractivity contribution >= 4 is 11.6 Å². The Hall–Kier alpha value is -2.48. The van der Waals surface area contributed by atoms with E-state index in [-0.39, 0.29) is 29.8 Å². The maximum Gasteiger partial charge on any atom is 0.239 e. The summed E-state index contributed by atoms with van der Waals surface area (Å²) in [6.07, 6.45) is 0.664. The minimum atomic E-state index is -0.335. The third-order valence-electron chi connectivity index (χ3n) is 6.08. The van der Waals surface area contributed by atoms with Crippen LogP contribution in [0.2, 0.25) is 0 Å². The van der Waals surface area contributed by atoms with Crippen molar-refractivity contribution in [1.29, 1.82) is 0 Å². The number of carbonyl (C=O) groups excluding carboxylic acids is 1. The van der Waals surface area contributed by atoms with Gasteiger partial charge in [-0.25, -0.2) is 15.2 Å². The Kier molecular flexibility index (Phi) is 6.32. The van der Waals surface area contributed by atoms with Gasteiger partial charge in [0.05, 0.1) is 6.04 Å². The highest BCUT2D eigenvalue weighted by atomic mass is 19.1. The lowest BCUT2D eigenvalue weighted by Gasteiger charge is -2.36. The van der Waals surface area contributed by atoms with Crippen LogP contribution in [0.15, 0.2) is 48.5 Å². The van der Waals surface area contributed by atoms with Crippen molar-refractivity contribution in [2.24, 2.45) is 0 Å². The van der Waals surface area contributed by atoms with Gasteiger partial charge in [0.25, 0.3) is 0 Å². The van der Waals surface area contributed by atoms with Crippen LogP contribution in [0, 0.1) is 5.82 Å². The fourth-order valence-electron chi connectivity index (χ4n) is 4.23.